The third-order valence-corrected chi connectivity index (χ3v) is 6.25. The van der Waals surface area contributed by atoms with Crippen LogP contribution in [0, 0.1) is 20.8 Å². The fourth-order valence-corrected chi connectivity index (χ4v) is 4.61. The van der Waals surface area contributed by atoms with Crippen LogP contribution in [0.2, 0.25) is 0 Å². The van der Waals surface area contributed by atoms with Gasteiger partial charge in [0.1, 0.15) is 11.4 Å². The van der Waals surface area contributed by atoms with Gasteiger partial charge in [0.25, 0.3) is 17.4 Å². The molecule has 3 heterocycles. The Balaban J connectivity index is 1.63. The summed E-state index contributed by atoms with van der Waals surface area (Å²) in [7, 11) is 0. The number of carbonyl (C=O) groups is 2. The monoisotopic (exact) mass is 483 g/mol. The highest BCUT2D eigenvalue weighted by atomic mass is 32.1. The Hall–Kier alpha value is -4.37. The minimum absolute atomic E-state index is 0.0261. The number of nitrogens with zero attached hydrogens (tertiary/aromatic N) is 4. The van der Waals surface area contributed by atoms with E-state index in [2.05, 4.69) is 10.3 Å². The van der Waals surface area contributed by atoms with Crippen molar-refractivity contribution in [1.82, 2.24) is 19.7 Å². The van der Waals surface area contributed by atoms with E-state index in [0.717, 1.165) is 5.69 Å². The molecule has 0 bridgehead atoms. The molecule has 0 spiro atoms. The molecule has 1 saturated heterocycles. The van der Waals surface area contributed by atoms with Gasteiger partial charge in [-0.2, -0.15) is 4.68 Å². The van der Waals surface area contributed by atoms with Gasteiger partial charge >= 0.3 is 0 Å². The Morgan fingerprint density at radius 2 is 1.60 bits per heavy atom. The van der Waals surface area contributed by atoms with Crippen molar-refractivity contribution in [3.8, 4) is 0 Å². The van der Waals surface area contributed by atoms with Crippen LogP contribution in [0.1, 0.15) is 22.8 Å². The zero-order valence-electron chi connectivity index (χ0n) is 19.3. The van der Waals surface area contributed by atoms with Crippen molar-refractivity contribution in [2.75, 3.05) is 4.90 Å². The van der Waals surface area contributed by atoms with Crippen LogP contribution in [0.15, 0.2) is 71.0 Å². The molecule has 1 aliphatic heterocycles. The highest BCUT2D eigenvalue weighted by molar-refractivity contribution is 7.80. The van der Waals surface area contributed by atoms with Gasteiger partial charge < -0.3 is 0 Å². The van der Waals surface area contributed by atoms with Crippen molar-refractivity contribution in [1.29, 1.82) is 0 Å². The van der Waals surface area contributed by atoms with Gasteiger partial charge in [-0.15, -0.1) is 0 Å². The van der Waals surface area contributed by atoms with Crippen LogP contribution < -0.4 is 15.8 Å². The van der Waals surface area contributed by atoms with Gasteiger partial charge in [-0.05, 0) is 75.0 Å². The summed E-state index contributed by atoms with van der Waals surface area (Å²) in [5, 5.41) is 3.12. The van der Waals surface area contributed by atoms with Crippen LogP contribution in [-0.4, -0.2) is 31.3 Å². The minimum Gasteiger partial charge on any atom is -0.298 e. The summed E-state index contributed by atoms with van der Waals surface area (Å²) >= 11 is 5.26. The molecular formula is C26H21N5O3S. The SMILES string of the molecule is Cc1cc(C=C2C(=O)NC(=S)N(c3ccccc3)C2=O)c(C)n1-n1c(C)nc2ccccc2c1=O. The van der Waals surface area contributed by atoms with Crippen molar-refractivity contribution >= 4 is 51.8 Å². The van der Waals surface area contributed by atoms with Gasteiger partial charge in [0.2, 0.25) is 0 Å². The Morgan fingerprint density at radius 3 is 2.34 bits per heavy atom. The zero-order valence-corrected chi connectivity index (χ0v) is 20.1. The zero-order chi connectivity index (χ0) is 24.9. The third-order valence-electron chi connectivity index (χ3n) is 5.97. The van der Waals surface area contributed by atoms with E-state index < -0.39 is 11.8 Å². The first kappa shape index (κ1) is 22.4. The smallest absolute Gasteiger partial charge is 0.280 e. The molecule has 5 rings (SSSR count). The van der Waals surface area contributed by atoms with Crippen LogP contribution in [0.5, 0.6) is 0 Å². The third kappa shape index (κ3) is 3.66. The first-order valence-electron chi connectivity index (χ1n) is 10.9. The van der Waals surface area contributed by atoms with Crippen molar-refractivity contribution < 1.29 is 9.59 Å². The lowest BCUT2D eigenvalue weighted by Gasteiger charge is -2.28. The van der Waals surface area contributed by atoms with Crippen LogP contribution in [0.3, 0.4) is 0 Å². The van der Waals surface area contributed by atoms with E-state index in [0.29, 0.717) is 33.7 Å². The van der Waals surface area contributed by atoms with Gasteiger partial charge in [0.15, 0.2) is 5.11 Å². The quantitative estimate of drug-likeness (QED) is 0.275. The molecule has 4 aromatic rings. The summed E-state index contributed by atoms with van der Waals surface area (Å²) in [6.07, 6.45) is 1.53. The molecule has 2 aromatic heterocycles. The van der Waals surface area contributed by atoms with Gasteiger partial charge in [-0.3, -0.25) is 29.3 Å². The highest BCUT2D eigenvalue weighted by Crippen LogP contribution is 2.24. The maximum Gasteiger partial charge on any atom is 0.280 e. The lowest BCUT2D eigenvalue weighted by Crippen LogP contribution is -2.54. The maximum absolute atomic E-state index is 13.3. The van der Waals surface area contributed by atoms with Crippen molar-refractivity contribution in [2.45, 2.75) is 20.8 Å². The number of hydrogen-bond acceptors (Lipinski definition) is 5. The predicted octanol–water partition coefficient (Wildman–Crippen LogP) is 3.27. The lowest BCUT2D eigenvalue weighted by molar-refractivity contribution is -0.122. The number of carbonyl (C=O) groups excluding carboxylic acids is 2. The second-order valence-corrected chi connectivity index (χ2v) is 8.61. The molecule has 2 amide bonds. The number of fused-ring (bicyclic) bond motifs is 1. The number of benzene rings is 2. The van der Waals surface area contributed by atoms with Gasteiger partial charge in [-0.25, -0.2) is 4.98 Å². The van der Waals surface area contributed by atoms with Crippen molar-refractivity contribution in [2.24, 2.45) is 0 Å². The topological polar surface area (TPSA) is 89.2 Å². The number of hydrogen-bond donors (Lipinski definition) is 1. The largest absolute Gasteiger partial charge is 0.298 e. The van der Waals surface area contributed by atoms with Crippen LogP contribution in [-0.2, 0) is 9.59 Å². The molecule has 0 saturated carbocycles. The maximum atomic E-state index is 13.3. The van der Waals surface area contributed by atoms with Crippen molar-refractivity contribution in [3.63, 3.8) is 0 Å². The molecule has 0 aliphatic carbocycles. The molecule has 1 aliphatic rings. The summed E-state index contributed by atoms with van der Waals surface area (Å²) in [6, 6.07) is 17.9. The normalized spacial score (nSPS) is 15.2. The van der Waals surface area contributed by atoms with Crippen LogP contribution in [0.4, 0.5) is 5.69 Å². The number of thiocarbonyl (C=S) groups is 1. The number of aromatic nitrogens is 3. The Labute approximate surface area is 206 Å². The lowest BCUT2D eigenvalue weighted by atomic mass is 10.1. The van der Waals surface area contributed by atoms with Gasteiger partial charge in [-0.1, -0.05) is 30.3 Å². The molecule has 2 aromatic carbocycles. The van der Waals surface area contributed by atoms with E-state index >= 15 is 0 Å². The summed E-state index contributed by atoms with van der Waals surface area (Å²) < 4.78 is 3.25. The standard InChI is InChI=1S/C26H21N5O3S/c1-15-13-18(14-21-23(32)28-26(35)29(24(21)33)19-9-5-4-6-10-19)16(2)30(15)31-17(3)27-22-12-8-7-11-20(22)25(31)34/h4-14H,1-3H3,(H,28,32,35). The number of aryl methyl sites for hydroxylation is 2. The number of para-hydroxylation sites is 2. The highest BCUT2D eigenvalue weighted by Gasteiger charge is 2.34. The first-order chi connectivity index (χ1) is 16.8. The van der Waals surface area contributed by atoms with E-state index in [-0.39, 0.29) is 16.2 Å². The van der Waals surface area contributed by atoms with Crippen LogP contribution in [0.25, 0.3) is 17.0 Å². The Morgan fingerprint density at radius 1 is 0.914 bits per heavy atom. The number of rotatable bonds is 3. The molecule has 0 radical (unpaired) electrons. The Bertz CT molecular complexity index is 1630. The van der Waals surface area contributed by atoms with Crippen LogP contribution >= 0.6 is 12.2 Å². The van der Waals surface area contributed by atoms with E-state index in [1.54, 1.807) is 54.1 Å². The molecule has 0 unspecified atom stereocenters. The fourth-order valence-electron chi connectivity index (χ4n) is 4.33. The van der Waals surface area contributed by atoms with Gasteiger partial charge in [0.05, 0.1) is 16.6 Å². The average Bonchev–Trinajstić information content (AvgIpc) is 3.10. The molecule has 1 N–H and O–H groups in total. The van der Waals surface area contributed by atoms with E-state index in [1.807, 2.05) is 32.0 Å². The van der Waals surface area contributed by atoms with Crippen molar-refractivity contribution in [3.05, 3.63) is 99.4 Å². The minimum atomic E-state index is -0.572. The predicted molar refractivity (Wildman–Crippen MR) is 138 cm³/mol. The molecular weight excluding hydrogens is 462 g/mol. The molecule has 0 atom stereocenters. The van der Waals surface area contributed by atoms with Gasteiger partial charge in [0, 0.05) is 11.4 Å². The van der Waals surface area contributed by atoms with E-state index in [1.165, 1.54) is 15.7 Å². The second kappa shape index (κ2) is 8.44. The summed E-state index contributed by atoms with van der Waals surface area (Å²) in [6.45, 7) is 5.44. The average molecular weight is 484 g/mol. The molecule has 174 valence electrons. The second-order valence-electron chi connectivity index (χ2n) is 8.22. The van der Waals surface area contributed by atoms with E-state index in [9.17, 15) is 14.4 Å². The summed E-state index contributed by atoms with van der Waals surface area (Å²) in [4.78, 5) is 45.3. The molecule has 35 heavy (non-hydrogen) atoms. The number of nitrogens with one attached hydrogen (secondary N) is 1. The summed E-state index contributed by atoms with van der Waals surface area (Å²) in [5.41, 5.74) is 2.97. The summed E-state index contributed by atoms with van der Waals surface area (Å²) in [5.74, 6) is -0.574. The Kier molecular flexibility index (Phi) is 5.41. The molecule has 8 nitrogen and oxygen atoms in total. The molecule has 1 fully saturated rings. The number of amides is 2. The van der Waals surface area contributed by atoms with E-state index in [4.69, 9.17) is 12.2 Å². The first-order valence-corrected chi connectivity index (χ1v) is 11.3. The fraction of sp³-hybridized carbons (Fsp3) is 0.115. The number of anilines is 1. The molecule has 9 heteroatoms.